The van der Waals surface area contributed by atoms with Gasteiger partial charge in [-0.3, -0.25) is 4.98 Å². The maximum Gasteiger partial charge on any atom is 0.147 e. The molecule has 1 heterocycles. The van der Waals surface area contributed by atoms with Crippen LogP contribution in [-0.2, 0) is 31.1 Å². The summed E-state index contributed by atoms with van der Waals surface area (Å²) < 4.78 is 15.1. The molecule has 273 valence electrons. The molecule has 0 aliphatic heterocycles. The van der Waals surface area contributed by atoms with Gasteiger partial charge in [-0.2, -0.15) is 18.2 Å². The maximum absolute atomic E-state index is 15.1. The minimum atomic E-state index is -3.15. The third-order valence-corrected chi connectivity index (χ3v) is 13.0. The van der Waals surface area contributed by atoms with Crippen molar-refractivity contribution in [2.24, 2.45) is 5.92 Å². The molecule has 0 N–H and O–H groups in total. The molecule has 1 aromatic heterocycles. The van der Waals surface area contributed by atoms with Crippen molar-refractivity contribution >= 4 is 66.3 Å². The third kappa shape index (κ3) is 7.98. The number of aromatic nitrogens is 1. The zero-order valence-corrected chi connectivity index (χ0v) is 34.8. The van der Waals surface area contributed by atoms with Gasteiger partial charge in [0.05, 0.1) is 5.52 Å². The zero-order valence-electron chi connectivity index (χ0n) is 31.5. The molecular formula is C51H42IrNOP-2. The first-order valence-electron chi connectivity index (χ1n) is 18.6. The Bertz CT molecular complexity index is 2640. The summed E-state index contributed by atoms with van der Waals surface area (Å²) in [6.45, 7) is 8.71. The quantitative estimate of drug-likeness (QED) is 0.123. The number of hydrogen-bond donors (Lipinski definition) is 0. The van der Waals surface area contributed by atoms with E-state index in [1.54, 1.807) is 0 Å². The van der Waals surface area contributed by atoms with Gasteiger partial charge in [-0.25, -0.2) is 0 Å². The number of pyridine rings is 1. The van der Waals surface area contributed by atoms with Gasteiger partial charge in [-0.15, -0.1) is 51.7 Å². The summed E-state index contributed by atoms with van der Waals surface area (Å²) in [5.41, 5.74) is 6.95. The first-order valence-corrected chi connectivity index (χ1v) is 20.3. The summed E-state index contributed by atoms with van der Waals surface area (Å²) in [7, 11) is -3.15. The molecule has 0 spiro atoms. The molecule has 0 saturated heterocycles. The molecule has 0 aliphatic rings. The average molecular weight is 908 g/mol. The van der Waals surface area contributed by atoms with E-state index < -0.39 is 7.14 Å². The van der Waals surface area contributed by atoms with Gasteiger partial charge in [0.15, 0.2) is 0 Å². The maximum atomic E-state index is 15.1. The Morgan fingerprint density at radius 3 is 1.78 bits per heavy atom. The van der Waals surface area contributed by atoms with Crippen molar-refractivity contribution in [3.63, 3.8) is 0 Å². The number of rotatable bonds is 6. The van der Waals surface area contributed by atoms with E-state index in [2.05, 4.69) is 143 Å². The zero-order chi connectivity index (χ0) is 37.2. The van der Waals surface area contributed by atoms with Crippen molar-refractivity contribution in [2.75, 3.05) is 0 Å². The van der Waals surface area contributed by atoms with Crippen molar-refractivity contribution < 1.29 is 24.7 Å². The van der Waals surface area contributed by atoms with Gasteiger partial charge >= 0.3 is 0 Å². The van der Waals surface area contributed by atoms with Crippen LogP contribution in [0.5, 0.6) is 0 Å². The SMILES string of the molecule is Cc1[c-]c(-c2ccc3c(CC(C)C)cccc3n2)cc(C)c1.O=P(c1[c-]cc2ccccc2c1)(c1ccc2ccccc2c1)c1ccc2ccccc2c1.[Ir]. The molecular weight excluding hydrogens is 866 g/mol. The molecule has 0 saturated carbocycles. The summed E-state index contributed by atoms with van der Waals surface area (Å²) in [4.78, 5) is 4.86. The Kier molecular flexibility index (Phi) is 11.3. The van der Waals surface area contributed by atoms with Crippen molar-refractivity contribution in [3.05, 3.63) is 193 Å². The van der Waals surface area contributed by atoms with Crippen LogP contribution in [0.3, 0.4) is 0 Å². The van der Waals surface area contributed by atoms with Gasteiger partial charge in [0, 0.05) is 36.1 Å². The van der Waals surface area contributed by atoms with Crippen molar-refractivity contribution in [1.29, 1.82) is 0 Å². The Morgan fingerprint density at radius 2 is 1.18 bits per heavy atom. The van der Waals surface area contributed by atoms with Crippen molar-refractivity contribution in [1.82, 2.24) is 4.98 Å². The van der Waals surface area contributed by atoms with Crippen LogP contribution < -0.4 is 15.9 Å². The molecule has 1 radical (unpaired) electrons. The standard InChI is InChI=1S/C30H20OP.C21H22N.Ir/c31-32(28-16-13-22-7-1-4-10-25(22)19-28,29-17-14-23-8-2-5-11-26(23)20-29)30-18-15-24-9-3-6-12-27(24)21-30;1-14(2)10-17-6-5-7-21-19(17)8-9-20(22-21)18-12-15(3)11-16(4)13-18;/h1-17,19-21H;5-9,11-12,14H,10H2,1-4H3;/q2*-1;. The minimum absolute atomic E-state index is 0. The molecule has 4 heteroatoms. The predicted octanol–water partition coefficient (Wildman–Crippen LogP) is 12.1. The Hall–Kier alpha value is -5.17. The molecule has 0 fully saturated rings. The van der Waals surface area contributed by atoms with E-state index in [1.807, 2.05) is 60.7 Å². The molecule has 0 atom stereocenters. The summed E-state index contributed by atoms with van der Waals surface area (Å²) in [6.07, 6.45) is 1.09. The van der Waals surface area contributed by atoms with Crippen LogP contribution in [0.2, 0.25) is 0 Å². The normalized spacial score (nSPS) is 11.4. The van der Waals surface area contributed by atoms with E-state index in [1.165, 1.54) is 16.5 Å². The molecule has 2 nitrogen and oxygen atoms in total. The molecule has 0 bridgehead atoms. The van der Waals surface area contributed by atoms with Gasteiger partial charge in [0.1, 0.15) is 7.14 Å². The molecule has 9 aromatic rings. The summed E-state index contributed by atoms with van der Waals surface area (Å²) in [5, 5.41) is 10.3. The van der Waals surface area contributed by atoms with Crippen LogP contribution in [0, 0.1) is 31.9 Å². The van der Waals surface area contributed by atoms with Crippen molar-refractivity contribution in [2.45, 2.75) is 34.1 Å². The first-order chi connectivity index (χ1) is 26.2. The van der Waals surface area contributed by atoms with E-state index in [4.69, 9.17) is 4.98 Å². The number of benzene rings is 8. The summed E-state index contributed by atoms with van der Waals surface area (Å²) in [5.74, 6) is 0.651. The van der Waals surface area contributed by atoms with Gasteiger partial charge < -0.3 is 4.57 Å². The topological polar surface area (TPSA) is 30.0 Å². The minimum Gasteiger partial charge on any atom is -0.311 e. The van der Waals surface area contributed by atoms with Gasteiger partial charge in [0.25, 0.3) is 0 Å². The summed E-state index contributed by atoms with van der Waals surface area (Å²) >= 11 is 0. The average Bonchev–Trinajstić information content (AvgIpc) is 3.19. The Balaban J connectivity index is 0.000000178. The predicted molar refractivity (Wildman–Crippen MR) is 231 cm³/mol. The van der Waals surface area contributed by atoms with E-state index in [0.717, 1.165) is 77.0 Å². The fourth-order valence-corrected chi connectivity index (χ4v) is 10.1. The summed E-state index contributed by atoms with van der Waals surface area (Å²) in [6, 6.07) is 62.8. The van der Waals surface area contributed by atoms with E-state index in [9.17, 15) is 0 Å². The third-order valence-electron chi connectivity index (χ3n) is 10.1. The van der Waals surface area contributed by atoms with E-state index in [-0.39, 0.29) is 20.1 Å². The van der Waals surface area contributed by atoms with E-state index in [0.29, 0.717) is 5.92 Å². The molecule has 9 rings (SSSR count). The number of hydrogen-bond acceptors (Lipinski definition) is 2. The Labute approximate surface area is 338 Å². The second-order valence-electron chi connectivity index (χ2n) is 14.7. The molecule has 0 unspecified atom stereocenters. The second-order valence-corrected chi connectivity index (χ2v) is 17.4. The molecule has 8 aromatic carbocycles. The number of fused-ring (bicyclic) bond motifs is 4. The molecule has 0 aliphatic carbocycles. The van der Waals surface area contributed by atoms with E-state index >= 15 is 4.57 Å². The molecule has 55 heavy (non-hydrogen) atoms. The second kappa shape index (κ2) is 16.3. The van der Waals surface area contributed by atoms with Crippen LogP contribution in [0.25, 0.3) is 54.5 Å². The number of aryl methyl sites for hydroxylation is 2. The smallest absolute Gasteiger partial charge is 0.147 e. The van der Waals surface area contributed by atoms with Gasteiger partial charge in [0.2, 0.25) is 0 Å². The fraction of sp³-hybridized carbons (Fsp3) is 0.118. The van der Waals surface area contributed by atoms with Crippen LogP contribution in [-0.4, -0.2) is 4.98 Å². The van der Waals surface area contributed by atoms with Crippen LogP contribution in [0.1, 0.15) is 30.5 Å². The van der Waals surface area contributed by atoms with Gasteiger partial charge in [-0.05, 0) is 63.3 Å². The molecule has 0 amide bonds. The van der Waals surface area contributed by atoms with Crippen molar-refractivity contribution in [3.8, 4) is 11.3 Å². The monoisotopic (exact) mass is 908 g/mol. The first kappa shape index (κ1) is 38.1. The van der Waals surface area contributed by atoms with Crippen LogP contribution >= 0.6 is 7.14 Å². The largest absolute Gasteiger partial charge is 0.311 e. The number of nitrogens with zero attached hydrogens (tertiary/aromatic N) is 1. The van der Waals surface area contributed by atoms with Crippen LogP contribution in [0.15, 0.2) is 164 Å². The van der Waals surface area contributed by atoms with Crippen LogP contribution in [0.4, 0.5) is 0 Å². The van der Waals surface area contributed by atoms with Gasteiger partial charge in [-0.1, -0.05) is 148 Å². The fourth-order valence-electron chi connectivity index (χ4n) is 7.49. The Morgan fingerprint density at radius 1 is 0.600 bits per heavy atom.